The fourth-order valence-electron chi connectivity index (χ4n) is 4.56. The quantitative estimate of drug-likeness (QED) is 0.717. The molecule has 4 heterocycles. The summed E-state index contributed by atoms with van der Waals surface area (Å²) in [4.78, 5) is 21.5. The van der Waals surface area contributed by atoms with Gasteiger partial charge >= 0.3 is 0 Å². The summed E-state index contributed by atoms with van der Waals surface area (Å²) < 4.78 is 6.15. The van der Waals surface area contributed by atoms with E-state index in [1.807, 2.05) is 23.2 Å². The molecule has 2 fully saturated rings. The number of amides is 1. The molecule has 0 N–H and O–H groups in total. The van der Waals surface area contributed by atoms with Crippen LogP contribution >= 0.6 is 0 Å². The second-order valence-electron chi connectivity index (χ2n) is 9.05. The summed E-state index contributed by atoms with van der Waals surface area (Å²) >= 11 is 0. The molecule has 7 nitrogen and oxygen atoms in total. The van der Waals surface area contributed by atoms with Gasteiger partial charge in [-0.25, -0.2) is 0 Å². The van der Waals surface area contributed by atoms with Crippen LogP contribution in [-0.4, -0.2) is 50.5 Å². The first-order valence-electron chi connectivity index (χ1n) is 11.3. The number of hydrogen-bond donors (Lipinski definition) is 0. The lowest BCUT2D eigenvalue weighted by Gasteiger charge is -2.34. The summed E-state index contributed by atoms with van der Waals surface area (Å²) in [5, 5.41) is 8.77. The standard InChI is InChI=1S/C23H33N5O2/c1-17(2)15-21(29)28-12-6-4-8-20(28)23-26-25-22(30-23)18-9-13-27(14-10-18)16-19-7-3-5-11-24-19/h3,5,7,11,17-18,20H,4,6,8-10,12-16H2,1-2H3. The number of aromatic nitrogens is 3. The van der Waals surface area contributed by atoms with Crippen molar-refractivity contribution in [2.45, 2.75) is 70.9 Å². The summed E-state index contributed by atoms with van der Waals surface area (Å²) in [5.41, 5.74) is 1.11. The van der Waals surface area contributed by atoms with Crippen LogP contribution in [0.15, 0.2) is 28.8 Å². The van der Waals surface area contributed by atoms with Crippen LogP contribution in [0.25, 0.3) is 0 Å². The fraction of sp³-hybridized carbons (Fsp3) is 0.652. The van der Waals surface area contributed by atoms with E-state index in [1.165, 1.54) is 0 Å². The number of hydrogen-bond acceptors (Lipinski definition) is 6. The van der Waals surface area contributed by atoms with Gasteiger partial charge in [0.05, 0.1) is 5.69 Å². The van der Waals surface area contributed by atoms with E-state index >= 15 is 0 Å². The highest BCUT2D eigenvalue weighted by Gasteiger charge is 2.33. The molecule has 2 saturated heterocycles. The van der Waals surface area contributed by atoms with Gasteiger partial charge in [-0.2, -0.15) is 0 Å². The minimum absolute atomic E-state index is 0.0597. The molecule has 1 amide bonds. The zero-order chi connectivity index (χ0) is 20.9. The fourth-order valence-corrected chi connectivity index (χ4v) is 4.56. The Labute approximate surface area is 178 Å². The number of likely N-dealkylation sites (tertiary alicyclic amines) is 2. The van der Waals surface area contributed by atoms with E-state index < -0.39 is 0 Å². The van der Waals surface area contributed by atoms with E-state index in [-0.39, 0.29) is 11.9 Å². The minimum atomic E-state index is -0.0597. The highest BCUT2D eigenvalue weighted by molar-refractivity contribution is 5.76. The van der Waals surface area contributed by atoms with Crippen molar-refractivity contribution >= 4 is 5.91 Å². The minimum Gasteiger partial charge on any atom is -0.423 e. The maximum Gasteiger partial charge on any atom is 0.238 e. The van der Waals surface area contributed by atoms with Crippen LogP contribution in [0.1, 0.15) is 81.8 Å². The third-order valence-corrected chi connectivity index (χ3v) is 6.20. The summed E-state index contributed by atoms with van der Waals surface area (Å²) in [5.74, 6) is 2.23. The predicted octanol–water partition coefficient (Wildman–Crippen LogP) is 3.94. The van der Waals surface area contributed by atoms with E-state index in [9.17, 15) is 4.79 Å². The molecule has 0 bridgehead atoms. The zero-order valence-corrected chi connectivity index (χ0v) is 18.2. The Kier molecular flexibility index (Phi) is 6.77. The van der Waals surface area contributed by atoms with Gasteiger partial charge in [-0.1, -0.05) is 19.9 Å². The van der Waals surface area contributed by atoms with Crippen LogP contribution in [0.5, 0.6) is 0 Å². The van der Waals surface area contributed by atoms with Gasteiger partial charge in [0.25, 0.3) is 0 Å². The van der Waals surface area contributed by atoms with Crippen LogP contribution in [0.3, 0.4) is 0 Å². The normalized spacial score (nSPS) is 21.3. The number of rotatable bonds is 6. The Morgan fingerprint density at radius 1 is 1.10 bits per heavy atom. The molecule has 0 saturated carbocycles. The third kappa shape index (κ3) is 5.06. The van der Waals surface area contributed by atoms with Gasteiger partial charge in [0.15, 0.2) is 0 Å². The molecule has 0 spiro atoms. The molecule has 1 atom stereocenters. The van der Waals surface area contributed by atoms with Crippen molar-refractivity contribution < 1.29 is 9.21 Å². The zero-order valence-electron chi connectivity index (χ0n) is 18.2. The first kappa shape index (κ1) is 21.0. The first-order chi connectivity index (χ1) is 14.6. The molecule has 2 aliphatic heterocycles. The third-order valence-electron chi connectivity index (χ3n) is 6.20. The second kappa shape index (κ2) is 9.69. The van der Waals surface area contributed by atoms with Gasteiger partial charge in [-0.05, 0) is 63.2 Å². The van der Waals surface area contributed by atoms with Crippen LogP contribution in [0, 0.1) is 5.92 Å². The monoisotopic (exact) mass is 411 g/mol. The Hall–Kier alpha value is -2.28. The lowest BCUT2D eigenvalue weighted by atomic mass is 9.96. The van der Waals surface area contributed by atoms with E-state index in [1.54, 1.807) is 0 Å². The number of nitrogens with zero attached hydrogens (tertiary/aromatic N) is 5. The van der Waals surface area contributed by atoms with Crippen molar-refractivity contribution in [2.24, 2.45) is 5.92 Å². The van der Waals surface area contributed by atoms with Gasteiger partial charge < -0.3 is 9.32 Å². The van der Waals surface area contributed by atoms with Crippen LogP contribution in [0.4, 0.5) is 0 Å². The smallest absolute Gasteiger partial charge is 0.238 e. The maximum atomic E-state index is 12.7. The van der Waals surface area contributed by atoms with Crippen molar-refractivity contribution in [1.82, 2.24) is 25.0 Å². The molecule has 0 aliphatic carbocycles. The van der Waals surface area contributed by atoms with Crippen LogP contribution in [-0.2, 0) is 11.3 Å². The molecule has 2 aliphatic rings. The van der Waals surface area contributed by atoms with E-state index in [0.29, 0.717) is 24.1 Å². The topological polar surface area (TPSA) is 75.4 Å². The Morgan fingerprint density at radius 2 is 1.90 bits per heavy atom. The average Bonchev–Trinajstić information content (AvgIpc) is 3.25. The van der Waals surface area contributed by atoms with Crippen molar-refractivity contribution in [3.05, 3.63) is 41.9 Å². The average molecular weight is 412 g/mol. The highest BCUT2D eigenvalue weighted by atomic mass is 16.4. The largest absolute Gasteiger partial charge is 0.423 e. The molecule has 4 rings (SSSR count). The first-order valence-corrected chi connectivity index (χ1v) is 11.3. The molecule has 162 valence electrons. The maximum absolute atomic E-state index is 12.7. The van der Waals surface area contributed by atoms with Gasteiger partial charge in [0.2, 0.25) is 17.7 Å². The Bertz CT molecular complexity index is 814. The number of carbonyl (C=O) groups excluding carboxylic acids is 1. The van der Waals surface area contributed by atoms with Gasteiger partial charge in [0, 0.05) is 31.6 Å². The Morgan fingerprint density at radius 3 is 2.63 bits per heavy atom. The molecule has 0 radical (unpaired) electrons. The van der Waals surface area contributed by atoms with Gasteiger partial charge in [0.1, 0.15) is 6.04 Å². The predicted molar refractivity (Wildman–Crippen MR) is 114 cm³/mol. The summed E-state index contributed by atoms with van der Waals surface area (Å²) in [6, 6.07) is 6.00. The SMILES string of the molecule is CC(C)CC(=O)N1CCCCC1c1nnc(C2CCN(Cc3ccccn3)CC2)o1. The van der Waals surface area contributed by atoms with Crippen molar-refractivity contribution in [1.29, 1.82) is 0 Å². The Balaban J connectivity index is 1.36. The van der Waals surface area contributed by atoms with Crippen molar-refractivity contribution in [2.75, 3.05) is 19.6 Å². The number of carbonyl (C=O) groups is 1. The number of pyridine rings is 1. The van der Waals surface area contributed by atoms with Crippen molar-refractivity contribution in [3.63, 3.8) is 0 Å². The molecular formula is C23H33N5O2. The van der Waals surface area contributed by atoms with E-state index in [2.05, 4.69) is 40.0 Å². The van der Waals surface area contributed by atoms with Crippen LogP contribution in [0.2, 0.25) is 0 Å². The lowest BCUT2D eigenvalue weighted by molar-refractivity contribution is -0.136. The second-order valence-corrected chi connectivity index (χ2v) is 9.05. The van der Waals surface area contributed by atoms with Crippen molar-refractivity contribution in [3.8, 4) is 0 Å². The van der Waals surface area contributed by atoms with E-state index in [4.69, 9.17) is 4.42 Å². The summed E-state index contributed by atoms with van der Waals surface area (Å²) in [7, 11) is 0. The molecule has 7 heteroatoms. The van der Waals surface area contributed by atoms with Gasteiger partial charge in [-0.15, -0.1) is 10.2 Å². The molecule has 0 aromatic carbocycles. The highest BCUT2D eigenvalue weighted by Crippen LogP contribution is 2.34. The van der Waals surface area contributed by atoms with E-state index in [0.717, 1.165) is 69.9 Å². The molecular weight excluding hydrogens is 378 g/mol. The molecule has 1 unspecified atom stereocenters. The molecule has 2 aromatic heterocycles. The lowest BCUT2D eigenvalue weighted by Crippen LogP contribution is -2.39. The van der Waals surface area contributed by atoms with Gasteiger partial charge in [-0.3, -0.25) is 14.7 Å². The number of piperidine rings is 2. The molecule has 2 aromatic rings. The summed E-state index contributed by atoms with van der Waals surface area (Å²) in [6.07, 6.45) is 7.50. The summed E-state index contributed by atoms with van der Waals surface area (Å²) in [6.45, 7) is 7.85. The van der Waals surface area contributed by atoms with Crippen LogP contribution < -0.4 is 0 Å². The molecule has 30 heavy (non-hydrogen) atoms.